The standard InChI is InChI=1S/C12H7BrFNO3/c13-7-1-4-11(15-6-7)18-10-5-8(14)2-3-9(10)12(16)17/h1-6H,(H,16,17). The smallest absolute Gasteiger partial charge is 0.339 e. The lowest BCUT2D eigenvalue weighted by molar-refractivity contribution is 0.0694. The summed E-state index contributed by atoms with van der Waals surface area (Å²) in [5.74, 6) is -1.67. The van der Waals surface area contributed by atoms with Crippen LogP contribution in [0.5, 0.6) is 11.6 Å². The van der Waals surface area contributed by atoms with E-state index in [1.165, 1.54) is 6.20 Å². The molecule has 0 fully saturated rings. The number of carboxylic acids is 1. The number of hydrogen-bond acceptors (Lipinski definition) is 3. The Hall–Kier alpha value is -1.95. The van der Waals surface area contributed by atoms with Crippen molar-refractivity contribution in [3.63, 3.8) is 0 Å². The summed E-state index contributed by atoms with van der Waals surface area (Å²) >= 11 is 3.21. The second-order valence-electron chi connectivity index (χ2n) is 3.36. The Morgan fingerprint density at radius 3 is 2.72 bits per heavy atom. The molecule has 1 N–H and O–H groups in total. The van der Waals surface area contributed by atoms with Crippen molar-refractivity contribution in [2.75, 3.05) is 0 Å². The Morgan fingerprint density at radius 2 is 2.11 bits per heavy atom. The summed E-state index contributed by atoms with van der Waals surface area (Å²) < 4.78 is 19.1. The molecule has 2 rings (SSSR count). The summed E-state index contributed by atoms with van der Waals surface area (Å²) in [6, 6.07) is 6.44. The summed E-state index contributed by atoms with van der Waals surface area (Å²) in [5, 5.41) is 8.95. The van der Waals surface area contributed by atoms with E-state index in [1.807, 2.05) is 0 Å². The van der Waals surface area contributed by atoms with Gasteiger partial charge in [0.15, 0.2) is 0 Å². The van der Waals surface area contributed by atoms with Gasteiger partial charge in [-0.25, -0.2) is 14.2 Å². The first-order valence-electron chi connectivity index (χ1n) is 4.88. The van der Waals surface area contributed by atoms with Gasteiger partial charge in [0, 0.05) is 22.8 Å². The van der Waals surface area contributed by atoms with Gasteiger partial charge in [0.05, 0.1) is 0 Å². The van der Waals surface area contributed by atoms with E-state index in [9.17, 15) is 9.18 Å². The third kappa shape index (κ3) is 2.84. The number of aromatic carboxylic acids is 1. The molecular formula is C12H7BrFNO3. The SMILES string of the molecule is O=C(O)c1ccc(F)cc1Oc1ccc(Br)cn1. The molecule has 0 spiro atoms. The van der Waals surface area contributed by atoms with Crippen LogP contribution < -0.4 is 4.74 Å². The zero-order valence-corrected chi connectivity index (χ0v) is 10.5. The van der Waals surface area contributed by atoms with E-state index in [2.05, 4.69) is 20.9 Å². The molecular weight excluding hydrogens is 305 g/mol. The lowest BCUT2D eigenvalue weighted by Crippen LogP contribution is -2.01. The van der Waals surface area contributed by atoms with E-state index in [4.69, 9.17) is 9.84 Å². The molecule has 4 nitrogen and oxygen atoms in total. The lowest BCUT2D eigenvalue weighted by Gasteiger charge is -2.07. The molecule has 1 aromatic carbocycles. The van der Waals surface area contributed by atoms with Crippen LogP contribution in [0.2, 0.25) is 0 Å². The van der Waals surface area contributed by atoms with Crippen LogP contribution in [0, 0.1) is 5.82 Å². The average Bonchev–Trinajstić information content (AvgIpc) is 2.32. The summed E-state index contributed by atoms with van der Waals surface area (Å²) in [7, 11) is 0. The highest BCUT2D eigenvalue weighted by molar-refractivity contribution is 9.10. The number of pyridine rings is 1. The minimum atomic E-state index is -1.19. The van der Waals surface area contributed by atoms with E-state index in [-0.39, 0.29) is 17.2 Å². The fourth-order valence-electron chi connectivity index (χ4n) is 1.29. The molecule has 2 aromatic rings. The normalized spacial score (nSPS) is 10.1. The zero-order chi connectivity index (χ0) is 13.1. The van der Waals surface area contributed by atoms with Crippen LogP contribution in [-0.2, 0) is 0 Å². The van der Waals surface area contributed by atoms with Gasteiger partial charge >= 0.3 is 5.97 Å². The average molecular weight is 312 g/mol. The van der Waals surface area contributed by atoms with Crippen LogP contribution in [0.1, 0.15) is 10.4 Å². The molecule has 92 valence electrons. The van der Waals surface area contributed by atoms with Gasteiger partial charge in [-0.1, -0.05) is 0 Å². The fourth-order valence-corrected chi connectivity index (χ4v) is 1.53. The molecule has 1 heterocycles. The van der Waals surface area contributed by atoms with Gasteiger partial charge in [-0.2, -0.15) is 0 Å². The molecule has 0 aliphatic heterocycles. The van der Waals surface area contributed by atoms with Crippen molar-refractivity contribution in [1.82, 2.24) is 4.98 Å². The highest BCUT2D eigenvalue weighted by Crippen LogP contribution is 2.25. The highest BCUT2D eigenvalue weighted by atomic mass is 79.9. The Bertz CT molecular complexity index is 586. The van der Waals surface area contributed by atoms with Crippen molar-refractivity contribution in [3.8, 4) is 11.6 Å². The fraction of sp³-hybridized carbons (Fsp3) is 0. The predicted molar refractivity (Wildman–Crippen MR) is 65.4 cm³/mol. The van der Waals surface area contributed by atoms with Crippen molar-refractivity contribution >= 4 is 21.9 Å². The van der Waals surface area contributed by atoms with Crippen LogP contribution in [-0.4, -0.2) is 16.1 Å². The van der Waals surface area contributed by atoms with Crippen molar-refractivity contribution in [1.29, 1.82) is 0 Å². The molecule has 0 amide bonds. The monoisotopic (exact) mass is 311 g/mol. The van der Waals surface area contributed by atoms with Crippen LogP contribution >= 0.6 is 15.9 Å². The summed E-state index contributed by atoms with van der Waals surface area (Å²) in [6.45, 7) is 0. The molecule has 0 aliphatic rings. The minimum absolute atomic E-state index is 0.0858. The minimum Gasteiger partial charge on any atom is -0.478 e. The third-order valence-corrected chi connectivity index (χ3v) is 2.56. The second-order valence-corrected chi connectivity index (χ2v) is 4.28. The van der Waals surface area contributed by atoms with Crippen molar-refractivity contribution in [3.05, 3.63) is 52.4 Å². The van der Waals surface area contributed by atoms with Crippen LogP contribution in [0.15, 0.2) is 41.0 Å². The maximum atomic E-state index is 13.1. The first-order valence-corrected chi connectivity index (χ1v) is 5.68. The number of nitrogens with zero attached hydrogens (tertiary/aromatic N) is 1. The van der Waals surface area contributed by atoms with Gasteiger partial charge in [0.25, 0.3) is 0 Å². The Balaban J connectivity index is 2.35. The highest BCUT2D eigenvalue weighted by Gasteiger charge is 2.13. The molecule has 0 saturated heterocycles. The van der Waals surface area contributed by atoms with Crippen LogP contribution in [0.4, 0.5) is 4.39 Å². The largest absolute Gasteiger partial charge is 0.478 e. The van der Waals surface area contributed by atoms with E-state index in [0.717, 1.165) is 22.7 Å². The molecule has 0 unspecified atom stereocenters. The third-order valence-electron chi connectivity index (χ3n) is 2.09. The first kappa shape index (κ1) is 12.5. The summed E-state index contributed by atoms with van der Waals surface area (Å²) in [5.41, 5.74) is -0.124. The number of aromatic nitrogens is 1. The van der Waals surface area contributed by atoms with E-state index < -0.39 is 11.8 Å². The number of halogens is 2. The summed E-state index contributed by atoms with van der Waals surface area (Å²) in [6.07, 6.45) is 1.50. The summed E-state index contributed by atoms with van der Waals surface area (Å²) in [4.78, 5) is 14.9. The topological polar surface area (TPSA) is 59.4 Å². The predicted octanol–water partition coefficient (Wildman–Crippen LogP) is 3.47. The number of carbonyl (C=O) groups is 1. The number of ether oxygens (including phenoxy) is 1. The zero-order valence-electron chi connectivity index (χ0n) is 8.93. The van der Waals surface area contributed by atoms with Gasteiger partial charge < -0.3 is 9.84 Å². The Kier molecular flexibility index (Phi) is 3.57. The Labute approximate surface area is 110 Å². The van der Waals surface area contributed by atoms with Gasteiger partial charge in [-0.3, -0.25) is 0 Å². The maximum absolute atomic E-state index is 13.1. The molecule has 6 heteroatoms. The number of carboxylic acid groups (broad SMARTS) is 1. The molecule has 0 saturated carbocycles. The maximum Gasteiger partial charge on any atom is 0.339 e. The van der Waals surface area contributed by atoms with Gasteiger partial charge in [0.1, 0.15) is 17.1 Å². The van der Waals surface area contributed by atoms with Crippen molar-refractivity contribution < 1.29 is 19.0 Å². The molecule has 18 heavy (non-hydrogen) atoms. The molecule has 0 radical (unpaired) electrons. The van der Waals surface area contributed by atoms with E-state index in [1.54, 1.807) is 12.1 Å². The quantitative estimate of drug-likeness (QED) is 0.943. The molecule has 0 atom stereocenters. The molecule has 1 aromatic heterocycles. The Morgan fingerprint density at radius 1 is 1.33 bits per heavy atom. The van der Waals surface area contributed by atoms with Crippen LogP contribution in [0.25, 0.3) is 0 Å². The molecule has 0 aliphatic carbocycles. The number of hydrogen-bond donors (Lipinski definition) is 1. The van der Waals surface area contributed by atoms with E-state index in [0.29, 0.717) is 0 Å². The van der Waals surface area contributed by atoms with Gasteiger partial charge in [0.2, 0.25) is 5.88 Å². The van der Waals surface area contributed by atoms with Gasteiger partial charge in [-0.15, -0.1) is 0 Å². The lowest BCUT2D eigenvalue weighted by atomic mass is 10.2. The number of benzene rings is 1. The van der Waals surface area contributed by atoms with Crippen molar-refractivity contribution in [2.45, 2.75) is 0 Å². The first-order chi connectivity index (χ1) is 8.56. The molecule has 0 bridgehead atoms. The van der Waals surface area contributed by atoms with Gasteiger partial charge in [-0.05, 0) is 34.1 Å². The van der Waals surface area contributed by atoms with E-state index >= 15 is 0 Å². The number of rotatable bonds is 3. The second kappa shape index (κ2) is 5.14. The van der Waals surface area contributed by atoms with Crippen molar-refractivity contribution in [2.24, 2.45) is 0 Å². The van der Waals surface area contributed by atoms with Crippen LogP contribution in [0.3, 0.4) is 0 Å².